The minimum atomic E-state index is -0.473. The van der Waals surface area contributed by atoms with Crippen molar-refractivity contribution < 1.29 is 9.72 Å². The molecule has 0 bridgehead atoms. The summed E-state index contributed by atoms with van der Waals surface area (Å²) in [5, 5.41) is 15.2. The normalized spacial score (nSPS) is 11.7. The Morgan fingerprint density at radius 2 is 1.86 bits per heavy atom. The summed E-state index contributed by atoms with van der Waals surface area (Å²) < 4.78 is 1.24. The number of nitrogens with zero attached hydrogens (tertiary/aromatic N) is 4. The summed E-state index contributed by atoms with van der Waals surface area (Å²) in [4.78, 5) is 37.0. The molecule has 0 aliphatic carbocycles. The van der Waals surface area contributed by atoms with Gasteiger partial charge >= 0.3 is 0 Å². The van der Waals surface area contributed by atoms with Crippen LogP contribution in [0, 0.1) is 10.1 Å². The van der Waals surface area contributed by atoms with Crippen LogP contribution in [0.5, 0.6) is 0 Å². The van der Waals surface area contributed by atoms with Crippen LogP contribution in [0.2, 0.25) is 0 Å². The fraction of sp³-hybridized carbons (Fsp3) is 0.190. The van der Waals surface area contributed by atoms with Gasteiger partial charge in [-0.2, -0.15) is 5.10 Å². The molecular formula is C21H20N4O4. The lowest BCUT2D eigenvalue weighted by Gasteiger charge is -2.25. The Morgan fingerprint density at radius 1 is 1.14 bits per heavy atom. The highest BCUT2D eigenvalue weighted by Gasteiger charge is 2.22. The molecule has 29 heavy (non-hydrogen) atoms. The highest BCUT2D eigenvalue weighted by molar-refractivity contribution is 5.92. The van der Waals surface area contributed by atoms with Gasteiger partial charge in [-0.3, -0.25) is 19.7 Å². The van der Waals surface area contributed by atoms with E-state index in [-0.39, 0.29) is 29.4 Å². The maximum absolute atomic E-state index is 12.9. The van der Waals surface area contributed by atoms with Crippen LogP contribution < -0.4 is 5.56 Å². The Bertz CT molecular complexity index is 1100. The quantitative estimate of drug-likeness (QED) is 0.474. The van der Waals surface area contributed by atoms with E-state index >= 15 is 0 Å². The summed E-state index contributed by atoms with van der Waals surface area (Å²) in [6, 6.07) is 17.8. The molecule has 8 nitrogen and oxygen atoms in total. The third-order valence-corrected chi connectivity index (χ3v) is 4.73. The summed E-state index contributed by atoms with van der Waals surface area (Å²) in [5.41, 5.74) is 1.31. The second-order valence-electron chi connectivity index (χ2n) is 6.64. The van der Waals surface area contributed by atoms with Crippen molar-refractivity contribution in [1.29, 1.82) is 0 Å². The molecule has 3 rings (SSSR count). The van der Waals surface area contributed by atoms with Crippen molar-refractivity contribution >= 4 is 11.6 Å². The molecular weight excluding hydrogens is 372 g/mol. The number of hydrogen-bond donors (Lipinski definition) is 0. The van der Waals surface area contributed by atoms with Crippen molar-refractivity contribution in [2.75, 3.05) is 7.05 Å². The van der Waals surface area contributed by atoms with Crippen molar-refractivity contribution in [2.24, 2.45) is 0 Å². The maximum atomic E-state index is 12.9. The van der Waals surface area contributed by atoms with Crippen molar-refractivity contribution in [3.05, 3.63) is 104 Å². The third-order valence-electron chi connectivity index (χ3n) is 4.73. The Kier molecular flexibility index (Phi) is 5.82. The maximum Gasteiger partial charge on any atom is 0.274 e. The smallest absolute Gasteiger partial charge is 0.274 e. The van der Waals surface area contributed by atoms with E-state index in [1.165, 1.54) is 33.8 Å². The van der Waals surface area contributed by atoms with Crippen LogP contribution in [0.15, 0.2) is 71.5 Å². The summed E-state index contributed by atoms with van der Waals surface area (Å²) in [6.07, 6.45) is 0. The molecule has 0 N–H and O–H groups in total. The Balaban J connectivity index is 1.84. The first kappa shape index (κ1) is 19.9. The van der Waals surface area contributed by atoms with E-state index < -0.39 is 11.0 Å². The number of benzene rings is 2. The van der Waals surface area contributed by atoms with Crippen LogP contribution in [0.4, 0.5) is 5.69 Å². The summed E-state index contributed by atoms with van der Waals surface area (Å²) in [7, 11) is 1.60. The lowest BCUT2D eigenvalue weighted by molar-refractivity contribution is -0.384. The molecule has 0 radical (unpaired) electrons. The van der Waals surface area contributed by atoms with Gasteiger partial charge in [-0.15, -0.1) is 0 Å². The van der Waals surface area contributed by atoms with Crippen LogP contribution >= 0.6 is 0 Å². The summed E-state index contributed by atoms with van der Waals surface area (Å²) in [6.45, 7) is 2.03. The fourth-order valence-electron chi connectivity index (χ4n) is 2.91. The number of aromatic nitrogens is 2. The molecule has 3 aromatic rings. The molecule has 0 saturated carbocycles. The van der Waals surface area contributed by atoms with Crippen molar-refractivity contribution in [3.8, 4) is 0 Å². The molecule has 0 spiro atoms. The highest BCUT2D eigenvalue weighted by Crippen LogP contribution is 2.23. The zero-order valence-corrected chi connectivity index (χ0v) is 16.1. The summed E-state index contributed by atoms with van der Waals surface area (Å²) in [5.74, 6) is -0.384. The van der Waals surface area contributed by atoms with Gasteiger partial charge in [0, 0.05) is 25.2 Å². The van der Waals surface area contributed by atoms with E-state index in [4.69, 9.17) is 0 Å². The number of rotatable bonds is 6. The lowest BCUT2D eigenvalue weighted by atomic mass is 10.1. The van der Waals surface area contributed by atoms with Gasteiger partial charge in [0.1, 0.15) is 5.69 Å². The van der Waals surface area contributed by atoms with E-state index in [1.54, 1.807) is 26.1 Å². The second-order valence-corrected chi connectivity index (χ2v) is 6.64. The van der Waals surface area contributed by atoms with Crippen molar-refractivity contribution in [3.63, 3.8) is 0 Å². The topological polar surface area (TPSA) is 98.3 Å². The van der Waals surface area contributed by atoms with E-state index in [9.17, 15) is 19.7 Å². The monoisotopic (exact) mass is 392 g/mol. The molecule has 148 valence electrons. The molecule has 0 fully saturated rings. The second kappa shape index (κ2) is 8.47. The number of amides is 1. The van der Waals surface area contributed by atoms with Crippen molar-refractivity contribution in [1.82, 2.24) is 14.7 Å². The Hall–Kier alpha value is -3.81. The molecule has 1 aromatic heterocycles. The van der Waals surface area contributed by atoms with E-state index in [0.717, 1.165) is 5.56 Å². The first-order valence-electron chi connectivity index (χ1n) is 9.00. The molecule has 1 amide bonds. The molecule has 0 unspecified atom stereocenters. The minimum absolute atomic E-state index is 0.0373. The average Bonchev–Trinajstić information content (AvgIpc) is 2.74. The first-order valence-corrected chi connectivity index (χ1v) is 9.00. The molecule has 1 atom stereocenters. The molecule has 8 heteroatoms. The van der Waals surface area contributed by atoms with Gasteiger partial charge in [0.25, 0.3) is 17.2 Å². The lowest BCUT2D eigenvalue weighted by Crippen LogP contribution is -2.33. The van der Waals surface area contributed by atoms with Gasteiger partial charge in [-0.25, -0.2) is 4.68 Å². The number of carbonyl (C=O) groups is 1. The van der Waals surface area contributed by atoms with Gasteiger partial charge < -0.3 is 4.90 Å². The molecule has 1 heterocycles. The largest absolute Gasteiger partial charge is 0.334 e. The van der Waals surface area contributed by atoms with Crippen LogP contribution in [-0.4, -0.2) is 32.6 Å². The van der Waals surface area contributed by atoms with Gasteiger partial charge in [-0.05, 0) is 24.1 Å². The van der Waals surface area contributed by atoms with Gasteiger partial charge in [-0.1, -0.05) is 42.5 Å². The molecule has 2 aromatic carbocycles. The Labute approximate surface area is 167 Å². The molecule has 0 aliphatic heterocycles. The van der Waals surface area contributed by atoms with Gasteiger partial charge in [0.05, 0.1) is 17.5 Å². The third kappa shape index (κ3) is 4.55. The van der Waals surface area contributed by atoms with Gasteiger partial charge in [0.2, 0.25) is 0 Å². The van der Waals surface area contributed by atoms with E-state index in [0.29, 0.717) is 5.56 Å². The standard InChI is InChI=1S/C21H20N4O4/c1-15(17-9-6-10-18(13-17)25(28)29)23(2)21(27)19-11-12-20(26)24(22-19)14-16-7-4-3-5-8-16/h3-13,15H,14H2,1-2H3/t15-/m0/s1. The zero-order valence-electron chi connectivity index (χ0n) is 16.1. The zero-order chi connectivity index (χ0) is 21.0. The SMILES string of the molecule is C[C@@H](c1cccc([N+](=O)[O-])c1)N(C)C(=O)c1ccc(=O)n(Cc2ccccc2)n1. The minimum Gasteiger partial charge on any atom is -0.334 e. The first-order chi connectivity index (χ1) is 13.9. The van der Waals surface area contributed by atoms with Crippen LogP contribution in [-0.2, 0) is 6.54 Å². The van der Waals surface area contributed by atoms with Crippen molar-refractivity contribution in [2.45, 2.75) is 19.5 Å². The number of carbonyl (C=O) groups excluding carboxylic acids is 1. The molecule has 0 aliphatic rings. The Morgan fingerprint density at radius 3 is 2.55 bits per heavy atom. The highest BCUT2D eigenvalue weighted by atomic mass is 16.6. The fourth-order valence-corrected chi connectivity index (χ4v) is 2.91. The van der Waals surface area contributed by atoms with Crippen LogP contribution in [0.1, 0.15) is 34.6 Å². The number of non-ortho nitro benzene ring substituents is 1. The number of nitro groups is 1. The molecule has 0 saturated heterocycles. The summed E-state index contributed by atoms with van der Waals surface area (Å²) >= 11 is 0. The predicted molar refractivity (Wildman–Crippen MR) is 108 cm³/mol. The van der Waals surface area contributed by atoms with E-state index in [2.05, 4.69) is 5.10 Å². The number of nitro benzene ring substituents is 1. The van der Waals surface area contributed by atoms with Crippen LogP contribution in [0.25, 0.3) is 0 Å². The van der Waals surface area contributed by atoms with E-state index in [1.807, 2.05) is 30.3 Å². The van der Waals surface area contributed by atoms with Gasteiger partial charge in [0.15, 0.2) is 0 Å². The number of hydrogen-bond acceptors (Lipinski definition) is 5. The average molecular weight is 392 g/mol. The van der Waals surface area contributed by atoms with Crippen LogP contribution in [0.3, 0.4) is 0 Å². The predicted octanol–water partition coefficient (Wildman–Crippen LogP) is 3.03.